The third-order valence-corrected chi connectivity index (χ3v) is 34.1. The second-order valence-electron chi connectivity index (χ2n) is 37.9. The Kier molecular flexibility index (Phi) is 20.4. The molecule has 0 saturated carbocycles. The highest BCUT2D eigenvalue weighted by Crippen LogP contribution is 2.56. The molecule has 0 saturated heterocycles. The Labute approximate surface area is 847 Å². The Bertz CT molecular complexity index is 10200. The van der Waals surface area contributed by atoms with Gasteiger partial charge in [0.1, 0.15) is 11.2 Å². The number of anilines is 9. The summed E-state index contributed by atoms with van der Waals surface area (Å²) >= 11 is 7.46. The lowest BCUT2D eigenvalue weighted by Gasteiger charge is -2.29. The molecule has 1 aliphatic carbocycles. The van der Waals surface area contributed by atoms with Crippen LogP contribution in [0.15, 0.2) is 500 Å². The number of fused-ring (bicyclic) bond motifs is 24. The Balaban J connectivity index is 0.000000106. The highest BCUT2D eigenvalue weighted by molar-refractivity contribution is 7.27. The van der Waals surface area contributed by atoms with Crippen molar-refractivity contribution in [2.45, 2.75) is 19.3 Å². The normalized spacial score (nSPS) is 12.3. The Morgan fingerprint density at radius 2 is 0.486 bits per heavy atom. The second kappa shape index (κ2) is 34.6. The van der Waals surface area contributed by atoms with Crippen molar-refractivity contribution in [1.82, 2.24) is 0 Å². The van der Waals surface area contributed by atoms with E-state index in [1.165, 1.54) is 191 Å². The van der Waals surface area contributed by atoms with Gasteiger partial charge in [0.05, 0.1) is 38.8 Å². The number of thiophene rings is 4. The van der Waals surface area contributed by atoms with E-state index in [1.807, 2.05) is 63.5 Å². The highest BCUT2D eigenvalue weighted by Gasteiger charge is 2.37. The van der Waals surface area contributed by atoms with Crippen molar-refractivity contribution in [3.8, 4) is 55.6 Å². The minimum atomic E-state index is -0.130. The number of nitrogens with zero attached hydrogens (tertiary/aromatic N) is 3. The van der Waals surface area contributed by atoms with Crippen molar-refractivity contribution in [3.05, 3.63) is 503 Å². The number of rotatable bonds is 13. The minimum Gasteiger partial charge on any atom is -0.454 e. The molecule has 30 rings (SSSR count). The van der Waals surface area contributed by atoms with Crippen LogP contribution in [0.3, 0.4) is 0 Å². The molecule has 9 heteroatoms. The lowest BCUT2D eigenvalue weighted by Crippen LogP contribution is -2.16. The molecular formula is C135H87N3O2S4. The molecule has 29 aromatic rings. The summed E-state index contributed by atoms with van der Waals surface area (Å²) in [5, 5.41) is 22.3. The van der Waals surface area contributed by atoms with Crippen LogP contribution in [0.2, 0.25) is 0 Å². The summed E-state index contributed by atoms with van der Waals surface area (Å²) in [6.07, 6.45) is 0. The molecule has 0 fully saturated rings. The smallest absolute Gasteiger partial charge is 0.159 e. The van der Waals surface area contributed by atoms with Gasteiger partial charge in [0.15, 0.2) is 11.2 Å². The third-order valence-electron chi connectivity index (χ3n) is 29.4. The molecule has 23 aromatic carbocycles. The van der Waals surface area contributed by atoms with Crippen LogP contribution < -0.4 is 14.7 Å². The summed E-state index contributed by atoms with van der Waals surface area (Å²) in [5.41, 5.74) is 28.5. The summed E-state index contributed by atoms with van der Waals surface area (Å²) in [6, 6.07) is 179. The van der Waals surface area contributed by atoms with Gasteiger partial charge in [0.2, 0.25) is 0 Å². The van der Waals surface area contributed by atoms with E-state index >= 15 is 0 Å². The second-order valence-corrected chi connectivity index (χ2v) is 42.2. The average Bonchev–Trinajstić information content (AvgIpc) is 1.54. The van der Waals surface area contributed by atoms with Crippen molar-refractivity contribution in [2.75, 3.05) is 14.7 Å². The molecular weight excluding hydrogens is 1820 g/mol. The van der Waals surface area contributed by atoms with Crippen LogP contribution in [-0.2, 0) is 5.41 Å². The van der Waals surface area contributed by atoms with Crippen molar-refractivity contribution >= 4 is 253 Å². The molecule has 0 amide bonds. The van der Waals surface area contributed by atoms with Gasteiger partial charge >= 0.3 is 0 Å². The zero-order valence-corrected chi connectivity index (χ0v) is 81.8. The lowest BCUT2D eigenvalue weighted by atomic mass is 9.82. The topological polar surface area (TPSA) is 36.0 Å². The standard InChI is InChI=1S/C49H33NOS.C46H29NS2.C40H25NOS/c1-49(2)41-18-8-5-13-34(41)35-24-23-31(29-42(35)49)50(44-19-11-17-39-37-15-6-9-20-45(37)51-48(39)44)43-26-25-32(33-12-3-4-14-36(33)43)30-22-27-47-40(28-30)38-16-7-10-21-46(38)52-47;1-2-11-30(12-3-1)31-21-24-33(25-22-31)47(42-18-10-17-39-37-15-6-9-20-44(37)49-46(39)42)41-27-26-34(35-13-4-5-14-36(35)41)32-23-28-45-40(29-32)38-16-7-8-19-43(38)48-45;1-2-11-27(12-3-1)41(36-18-10-17-33-31-15-6-8-19-37(31)42-40(33)36)35-23-22-28(29-13-4-5-14-30(29)35)26-21-24-39-34(25-26)32-16-7-9-20-38(32)43-39/h3-29H,1-2H3;1-29H;1-25H. The van der Waals surface area contributed by atoms with Crippen LogP contribution in [0.25, 0.3) is 213 Å². The fourth-order valence-electron chi connectivity index (χ4n) is 22.7. The van der Waals surface area contributed by atoms with Crippen LogP contribution in [-0.4, -0.2) is 0 Å². The molecule has 5 nitrogen and oxygen atoms in total. The molecule has 0 aliphatic heterocycles. The highest BCUT2D eigenvalue weighted by atomic mass is 32.1. The fraction of sp³-hybridized carbons (Fsp3) is 0.0222. The minimum absolute atomic E-state index is 0.130. The van der Waals surface area contributed by atoms with E-state index in [9.17, 15) is 0 Å². The Morgan fingerprint density at radius 3 is 0.958 bits per heavy atom. The molecule has 0 radical (unpaired) electrons. The van der Waals surface area contributed by atoms with E-state index in [0.717, 1.165) is 83.7 Å². The van der Waals surface area contributed by atoms with E-state index in [-0.39, 0.29) is 5.41 Å². The monoisotopic (exact) mass is 1910 g/mol. The first-order valence-corrected chi connectivity index (χ1v) is 52.3. The van der Waals surface area contributed by atoms with E-state index in [4.69, 9.17) is 8.83 Å². The summed E-state index contributed by atoms with van der Waals surface area (Å²) in [7, 11) is 0. The molecule has 0 atom stereocenters. The summed E-state index contributed by atoms with van der Waals surface area (Å²) < 4.78 is 23.8. The molecule has 0 spiro atoms. The van der Waals surface area contributed by atoms with Gasteiger partial charge < -0.3 is 23.5 Å². The molecule has 0 unspecified atom stereocenters. The van der Waals surface area contributed by atoms with Crippen LogP contribution >= 0.6 is 45.3 Å². The molecule has 678 valence electrons. The molecule has 1 aliphatic rings. The van der Waals surface area contributed by atoms with E-state index in [2.05, 4.69) is 502 Å². The van der Waals surface area contributed by atoms with Gasteiger partial charge in [0, 0.05) is 136 Å². The van der Waals surface area contributed by atoms with Gasteiger partial charge in [-0.1, -0.05) is 360 Å². The lowest BCUT2D eigenvalue weighted by molar-refractivity contribution is 0.660. The van der Waals surface area contributed by atoms with Gasteiger partial charge in [-0.25, -0.2) is 0 Å². The van der Waals surface area contributed by atoms with E-state index in [1.54, 1.807) is 0 Å². The predicted molar refractivity (Wildman–Crippen MR) is 621 cm³/mol. The zero-order chi connectivity index (χ0) is 95.2. The summed E-state index contributed by atoms with van der Waals surface area (Å²) in [4.78, 5) is 7.23. The summed E-state index contributed by atoms with van der Waals surface area (Å²) in [6.45, 7) is 4.70. The maximum absolute atomic E-state index is 6.72. The van der Waals surface area contributed by atoms with Crippen LogP contribution in [0.4, 0.5) is 51.2 Å². The predicted octanol–water partition coefficient (Wildman–Crippen LogP) is 41.2. The third kappa shape index (κ3) is 14.1. The number of hydrogen-bond donors (Lipinski definition) is 0. The summed E-state index contributed by atoms with van der Waals surface area (Å²) in [5.74, 6) is 0. The fourth-order valence-corrected chi connectivity index (χ4v) is 27.1. The number of benzene rings is 23. The van der Waals surface area contributed by atoms with Gasteiger partial charge in [0.25, 0.3) is 0 Å². The van der Waals surface area contributed by atoms with E-state index in [0.29, 0.717) is 0 Å². The zero-order valence-electron chi connectivity index (χ0n) is 78.6. The van der Waals surface area contributed by atoms with Crippen molar-refractivity contribution in [1.29, 1.82) is 0 Å². The Morgan fingerprint density at radius 1 is 0.174 bits per heavy atom. The number of para-hydroxylation sites is 5. The van der Waals surface area contributed by atoms with Crippen LogP contribution in [0, 0.1) is 0 Å². The number of furan rings is 2. The largest absolute Gasteiger partial charge is 0.454 e. The molecule has 6 aromatic heterocycles. The molecule has 144 heavy (non-hydrogen) atoms. The first kappa shape index (κ1) is 84.8. The van der Waals surface area contributed by atoms with Gasteiger partial charge in [-0.3, -0.25) is 0 Å². The van der Waals surface area contributed by atoms with Gasteiger partial charge in [-0.2, -0.15) is 0 Å². The Hall–Kier alpha value is -17.3. The van der Waals surface area contributed by atoms with Crippen LogP contribution in [0.1, 0.15) is 25.0 Å². The van der Waals surface area contributed by atoms with Crippen molar-refractivity contribution < 1.29 is 8.83 Å². The van der Waals surface area contributed by atoms with Crippen LogP contribution in [0.5, 0.6) is 0 Å². The maximum atomic E-state index is 6.72. The van der Waals surface area contributed by atoms with Crippen molar-refractivity contribution in [2.24, 2.45) is 0 Å². The average molecular weight is 1910 g/mol. The van der Waals surface area contributed by atoms with E-state index < -0.39 is 0 Å². The molecule has 6 heterocycles. The maximum Gasteiger partial charge on any atom is 0.159 e. The van der Waals surface area contributed by atoms with Gasteiger partial charge in [-0.15, -0.1) is 45.3 Å². The number of hydrogen-bond acceptors (Lipinski definition) is 9. The van der Waals surface area contributed by atoms with Crippen molar-refractivity contribution in [3.63, 3.8) is 0 Å². The van der Waals surface area contributed by atoms with Gasteiger partial charge in [-0.05, 0) is 229 Å². The first-order valence-electron chi connectivity index (χ1n) is 49.0. The first-order chi connectivity index (χ1) is 71.2. The molecule has 0 bridgehead atoms. The quantitative estimate of drug-likeness (QED) is 0.115. The SMILES string of the molecule is CC1(C)c2ccccc2-c2ccc(N(c3ccc(-c4ccc5sc6ccccc6c5c4)c4ccccc34)c3cccc4c3oc3ccccc34)cc21.c1ccc(-c2ccc(N(c3ccc(-c4ccc5sc6ccccc6c5c4)c4ccccc34)c3cccc4c3sc3ccccc34)cc2)cc1.c1ccc(N(c2ccc(-c3ccc4sc5ccccc5c4c3)c3ccccc23)c2cccc3c2oc2ccccc23)cc1. The molecule has 0 N–H and O–H groups in total.